The van der Waals surface area contributed by atoms with Crippen LogP contribution in [0.25, 0.3) is 22.3 Å². The zero-order valence-electron chi connectivity index (χ0n) is 20.6. The van der Waals surface area contributed by atoms with Gasteiger partial charge in [0.1, 0.15) is 82.8 Å². The summed E-state index contributed by atoms with van der Waals surface area (Å²) in [7, 11) is 0. The number of rotatable bonds is 5. The van der Waals surface area contributed by atoms with E-state index in [4.69, 9.17) is 18.6 Å². The normalized spacial score (nSPS) is 32.8. The van der Waals surface area contributed by atoms with E-state index < -0.39 is 90.8 Å². The molecule has 2 aliphatic rings. The van der Waals surface area contributed by atoms with Gasteiger partial charge in [0.2, 0.25) is 0 Å². The Labute approximate surface area is 225 Å². The standard InChI is InChI=1S/C26H28O14/c27-7-16-20(33)22(35)25(40-26-23(36)19(32)13(31)8-37-26)24(39-16)18-12(30)6-15-17(21(18)34)11(29)5-14(38-15)9-1-3-10(28)4-2-9/h1-6,13,16,19-20,22-28,30-36H,7-8H2/t13-,16+,19?,20+,22-,23+,24?,25+,26-/m1/s1. The Morgan fingerprint density at radius 1 is 0.900 bits per heavy atom. The number of fused-ring (bicyclic) bond motifs is 1. The first-order valence-electron chi connectivity index (χ1n) is 12.3. The summed E-state index contributed by atoms with van der Waals surface area (Å²) in [5.41, 5.74) is -0.980. The lowest BCUT2D eigenvalue weighted by atomic mass is 9.89. The molecule has 3 aromatic rings. The van der Waals surface area contributed by atoms with Crippen molar-refractivity contribution in [3.8, 4) is 28.6 Å². The molecule has 9 N–H and O–H groups in total. The number of aliphatic hydroxyl groups is 6. The van der Waals surface area contributed by atoms with Gasteiger partial charge in [-0.25, -0.2) is 0 Å². The number of aromatic hydroxyl groups is 3. The fraction of sp³-hybridized carbons (Fsp3) is 0.423. The zero-order chi connectivity index (χ0) is 28.9. The summed E-state index contributed by atoms with van der Waals surface area (Å²) >= 11 is 0. The molecule has 216 valence electrons. The lowest BCUT2D eigenvalue weighted by Crippen LogP contribution is -2.60. The molecular formula is C26H28O14. The van der Waals surface area contributed by atoms with E-state index in [2.05, 4.69) is 0 Å². The summed E-state index contributed by atoms with van der Waals surface area (Å²) in [5.74, 6) is -1.42. The monoisotopic (exact) mass is 564 g/mol. The average molecular weight is 564 g/mol. The van der Waals surface area contributed by atoms with Gasteiger partial charge in [0.15, 0.2) is 11.7 Å². The van der Waals surface area contributed by atoms with Crippen molar-refractivity contribution in [1.29, 1.82) is 0 Å². The first-order chi connectivity index (χ1) is 19.0. The van der Waals surface area contributed by atoms with Gasteiger partial charge in [0.25, 0.3) is 0 Å². The molecule has 0 amide bonds. The largest absolute Gasteiger partial charge is 0.508 e. The highest BCUT2D eigenvalue weighted by molar-refractivity contribution is 5.88. The van der Waals surface area contributed by atoms with Crippen LogP contribution in [0.1, 0.15) is 11.7 Å². The SMILES string of the molecule is O=c1cc(-c2ccc(O)cc2)oc2cc(O)c(C3O[C@@H](CO)[C@H](O)[C@@H](O)[C@@H]3O[C@H]3OC[C@@H](O)C(O)[C@@H]3O)c(O)c12. The van der Waals surface area contributed by atoms with Gasteiger partial charge < -0.3 is 64.6 Å². The molecular weight excluding hydrogens is 536 g/mol. The van der Waals surface area contributed by atoms with E-state index in [1.165, 1.54) is 24.3 Å². The van der Waals surface area contributed by atoms with Gasteiger partial charge in [0, 0.05) is 17.7 Å². The highest BCUT2D eigenvalue weighted by atomic mass is 16.7. The van der Waals surface area contributed by atoms with E-state index in [1.807, 2.05) is 0 Å². The van der Waals surface area contributed by atoms with Crippen molar-refractivity contribution in [2.45, 2.75) is 55.1 Å². The fourth-order valence-electron chi connectivity index (χ4n) is 4.88. The topological polar surface area (TPSA) is 240 Å². The van der Waals surface area contributed by atoms with Crippen LogP contribution in [0.2, 0.25) is 0 Å². The second-order valence-corrected chi connectivity index (χ2v) is 9.66. The molecule has 0 bridgehead atoms. The Hall–Kier alpha value is -3.31. The molecule has 40 heavy (non-hydrogen) atoms. The summed E-state index contributed by atoms with van der Waals surface area (Å²) in [6, 6.07) is 7.84. The maximum Gasteiger partial charge on any atom is 0.197 e. The van der Waals surface area contributed by atoms with Crippen LogP contribution in [-0.4, -0.2) is 108 Å². The van der Waals surface area contributed by atoms with Crippen molar-refractivity contribution in [3.63, 3.8) is 0 Å². The van der Waals surface area contributed by atoms with Gasteiger partial charge in [-0.15, -0.1) is 0 Å². The maximum absolute atomic E-state index is 13.1. The maximum atomic E-state index is 13.1. The zero-order valence-corrected chi connectivity index (χ0v) is 20.6. The first kappa shape index (κ1) is 28.2. The van der Waals surface area contributed by atoms with E-state index in [0.29, 0.717) is 5.56 Å². The van der Waals surface area contributed by atoms with Gasteiger partial charge in [-0.3, -0.25) is 4.79 Å². The molecule has 5 rings (SSSR count). The fourth-order valence-corrected chi connectivity index (χ4v) is 4.88. The van der Waals surface area contributed by atoms with Crippen molar-refractivity contribution in [1.82, 2.24) is 0 Å². The van der Waals surface area contributed by atoms with Gasteiger partial charge >= 0.3 is 0 Å². The third-order valence-electron chi connectivity index (χ3n) is 7.06. The molecule has 0 spiro atoms. The van der Waals surface area contributed by atoms with Gasteiger partial charge in [0.05, 0.1) is 18.8 Å². The van der Waals surface area contributed by atoms with Crippen molar-refractivity contribution >= 4 is 11.0 Å². The van der Waals surface area contributed by atoms with Gasteiger partial charge in [-0.05, 0) is 24.3 Å². The molecule has 2 aromatic carbocycles. The molecule has 1 aromatic heterocycles. The van der Waals surface area contributed by atoms with Crippen LogP contribution in [0.15, 0.2) is 45.6 Å². The highest BCUT2D eigenvalue weighted by Crippen LogP contribution is 2.46. The third kappa shape index (κ3) is 4.89. The summed E-state index contributed by atoms with van der Waals surface area (Å²) < 4.78 is 22.3. The second kappa shape index (κ2) is 10.9. The lowest BCUT2D eigenvalue weighted by Gasteiger charge is -2.45. The molecule has 9 atom stereocenters. The van der Waals surface area contributed by atoms with Crippen molar-refractivity contribution in [3.05, 3.63) is 52.2 Å². The van der Waals surface area contributed by atoms with E-state index in [9.17, 15) is 50.8 Å². The first-order valence-corrected chi connectivity index (χ1v) is 12.3. The van der Waals surface area contributed by atoms with Crippen LogP contribution < -0.4 is 5.43 Å². The number of benzene rings is 2. The van der Waals surface area contributed by atoms with Gasteiger partial charge in [-0.1, -0.05) is 0 Å². The summed E-state index contributed by atoms with van der Waals surface area (Å²) in [6.07, 6.45) is -14.9. The number of hydrogen-bond acceptors (Lipinski definition) is 14. The molecule has 2 saturated heterocycles. The van der Waals surface area contributed by atoms with Gasteiger partial charge in [-0.2, -0.15) is 0 Å². The molecule has 2 unspecified atom stereocenters. The summed E-state index contributed by atoms with van der Waals surface area (Å²) in [5, 5.41) is 92.3. The highest BCUT2D eigenvalue weighted by Gasteiger charge is 2.50. The van der Waals surface area contributed by atoms with Crippen LogP contribution >= 0.6 is 0 Å². The number of hydrogen-bond donors (Lipinski definition) is 9. The summed E-state index contributed by atoms with van der Waals surface area (Å²) in [6.45, 7) is -1.24. The second-order valence-electron chi connectivity index (χ2n) is 9.66. The van der Waals surface area contributed by atoms with E-state index in [-0.39, 0.29) is 22.5 Å². The Kier molecular flexibility index (Phi) is 7.71. The lowest BCUT2D eigenvalue weighted by molar-refractivity contribution is -0.325. The van der Waals surface area contributed by atoms with Crippen LogP contribution in [-0.2, 0) is 14.2 Å². The Balaban J connectivity index is 1.58. The number of aliphatic hydroxyl groups excluding tert-OH is 6. The number of ether oxygens (including phenoxy) is 3. The molecule has 14 nitrogen and oxygen atoms in total. The van der Waals surface area contributed by atoms with E-state index in [0.717, 1.165) is 12.1 Å². The van der Waals surface area contributed by atoms with Crippen LogP contribution in [0.3, 0.4) is 0 Å². The Morgan fingerprint density at radius 2 is 1.60 bits per heavy atom. The predicted octanol–water partition coefficient (Wildman–Crippen LogP) is -1.45. The number of phenols is 3. The molecule has 2 aliphatic heterocycles. The minimum Gasteiger partial charge on any atom is -0.508 e. The minimum absolute atomic E-state index is 0.0126. The van der Waals surface area contributed by atoms with Crippen molar-refractivity contribution in [2.75, 3.05) is 13.2 Å². The Morgan fingerprint density at radius 3 is 2.27 bits per heavy atom. The number of phenolic OH excluding ortho intramolecular Hbond substituents is 3. The third-order valence-corrected chi connectivity index (χ3v) is 7.06. The Bertz CT molecular complexity index is 1420. The summed E-state index contributed by atoms with van der Waals surface area (Å²) in [4.78, 5) is 13.1. The van der Waals surface area contributed by atoms with Crippen LogP contribution in [0.5, 0.6) is 17.2 Å². The van der Waals surface area contributed by atoms with E-state index in [1.54, 1.807) is 0 Å². The molecule has 0 radical (unpaired) electrons. The van der Waals surface area contributed by atoms with Crippen LogP contribution in [0, 0.1) is 0 Å². The molecule has 3 heterocycles. The molecule has 0 aliphatic carbocycles. The predicted molar refractivity (Wildman–Crippen MR) is 132 cm³/mol. The van der Waals surface area contributed by atoms with E-state index >= 15 is 0 Å². The van der Waals surface area contributed by atoms with Crippen molar-refractivity contribution in [2.24, 2.45) is 0 Å². The van der Waals surface area contributed by atoms with Crippen LogP contribution in [0.4, 0.5) is 0 Å². The average Bonchev–Trinajstić information content (AvgIpc) is 2.92. The minimum atomic E-state index is -1.85. The quantitative estimate of drug-likeness (QED) is 0.172. The molecule has 2 fully saturated rings. The molecule has 0 saturated carbocycles. The molecule has 14 heteroatoms. The van der Waals surface area contributed by atoms with Crippen molar-refractivity contribution < 1.29 is 64.6 Å². The smallest absolute Gasteiger partial charge is 0.197 e.